The van der Waals surface area contributed by atoms with Crippen LogP contribution in [0, 0.1) is 5.92 Å². The Labute approximate surface area is 199 Å². The summed E-state index contributed by atoms with van der Waals surface area (Å²) in [6, 6.07) is 14.4. The average Bonchev–Trinajstić information content (AvgIpc) is 3.20. The Morgan fingerprint density at radius 1 is 1.15 bits per heavy atom. The SMILES string of the molecule is COC(=O)Nc1nc2cc(S(=O)(=O)[C@H](NC[C@H](O)CNCc3ccccc3)C(C)C)ccc2[nH]1. The highest BCUT2D eigenvalue weighted by Gasteiger charge is 2.31. The lowest BCUT2D eigenvalue weighted by molar-refractivity contribution is 0.165. The molecule has 10 nitrogen and oxygen atoms in total. The van der Waals surface area contributed by atoms with Crippen molar-refractivity contribution in [2.75, 3.05) is 25.5 Å². The first kappa shape index (κ1) is 25.6. The molecule has 0 bridgehead atoms. The molecule has 1 heterocycles. The van der Waals surface area contributed by atoms with Crippen LogP contribution in [0.1, 0.15) is 19.4 Å². The van der Waals surface area contributed by atoms with E-state index in [1.54, 1.807) is 19.9 Å². The van der Waals surface area contributed by atoms with Crippen LogP contribution in [0.5, 0.6) is 0 Å². The number of fused-ring (bicyclic) bond motifs is 1. The number of hydrogen-bond donors (Lipinski definition) is 5. The molecule has 0 aliphatic heterocycles. The maximum absolute atomic E-state index is 13.4. The van der Waals surface area contributed by atoms with Crippen molar-refractivity contribution in [1.82, 2.24) is 20.6 Å². The van der Waals surface area contributed by atoms with Crippen LogP contribution < -0.4 is 16.0 Å². The Kier molecular flexibility index (Phi) is 8.61. The number of hydrogen-bond acceptors (Lipinski definition) is 8. The zero-order valence-electron chi connectivity index (χ0n) is 19.4. The summed E-state index contributed by atoms with van der Waals surface area (Å²) < 4.78 is 31.3. The van der Waals surface area contributed by atoms with Gasteiger partial charge in [0.15, 0.2) is 9.84 Å². The first-order chi connectivity index (χ1) is 16.2. The molecule has 5 N–H and O–H groups in total. The monoisotopic (exact) mass is 489 g/mol. The molecule has 0 fully saturated rings. The Bertz CT molecular complexity index is 1200. The molecular weight excluding hydrogens is 458 g/mol. The topological polar surface area (TPSA) is 145 Å². The predicted molar refractivity (Wildman–Crippen MR) is 130 cm³/mol. The number of carbonyl (C=O) groups is 1. The smallest absolute Gasteiger partial charge is 0.413 e. The summed E-state index contributed by atoms with van der Waals surface area (Å²) in [5.74, 6) is -0.0954. The summed E-state index contributed by atoms with van der Waals surface area (Å²) in [5, 5.41) is 18.1. The Morgan fingerprint density at radius 2 is 1.88 bits per heavy atom. The van der Waals surface area contributed by atoms with E-state index in [0.717, 1.165) is 5.56 Å². The number of rotatable bonds is 11. The van der Waals surface area contributed by atoms with Gasteiger partial charge in [-0.25, -0.2) is 18.2 Å². The Morgan fingerprint density at radius 3 is 2.56 bits per heavy atom. The van der Waals surface area contributed by atoms with Gasteiger partial charge in [-0.15, -0.1) is 0 Å². The fourth-order valence-electron chi connectivity index (χ4n) is 3.52. The standard InChI is InChI=1S/C23H31N5O5S/c1-15(2)21(25-14-17(29)13-24-12-16-7-5-4-6-8-16)34(31,32)18-9-10-19-20(11-18)27-22(26-19)28-23(30)33-3/h4-11,15,17,21,24-25,29H,12-14H2,1-3H3,(H2,26,27,28,30)/t17-,21+/m1/s1. The molecule has 3 aromatic rings. The number of aliphatic hydroxyl groups is 1. The van der Waals surface area contributed by atoms with Crippen molar-refractivity contribution in [2.24, 2.45) is 5.92 Å². The van der Waals surface area contributed by atoms with Crippen LogP contribution in [0.4, 0.5) is 10.7 Å². The highest BCUT2D eigenvalue weighted by Crippen LogP contribution is 2.24. The van der Waals surface area contributed by atoms with E-state index in [4.69, 9.17) is 0 Å². The lowest BCUT2D eigenvalue weighted by atomic mass is 10.2. The molecular formula is C23H31N5O5S. The number of anilines is 1. The second-order valence-corrected chi connectivity index (χ2v) is 10.3. The number of sulfone groups is 1. The third-order valence-electron chi connectivity index (χ3n) is 5.24. The summed E-state index contributed by atoms with van der Waals surface area (Å²) in [4.78, 5) is 18.6. The first-order valence-electron chi connectivity index (χ1n) is 11.0. The van der Waals surface area contributed by atoms with Crippen LogP contribution >= 0.6 is 0 Å². The molecule has 184 valence electrons. The van der Waals surface area contributed by atoms with E-state index in [2.05, 4.69) is 30.7 Å². The van der Waals surface area contributed by atoms with Crippen LogP contribution in [-0.2, 0) is 21.1 Å². The highest BCUT2D eigenvalue weighted by atomic mass is 32.2. The third kappa shape index (κ3) is 6.54. The van der Waals surface area contributed by atoms with Gasteiger partial charge in [0.05, 0.1) is 29.1 Å². The predicted octanol–water partition coefficient (Wildman–Crippen LogP) is 2.24. The molecule has 2 aromatic carbocycles. The molecule has 0 unspecified atom stereocenters. The lowest BCUT2D eigenvalue weighted by Crippen LogP contribution is -2.46. The summed E-state index contributed by atoms with van der Waals surface area (Å²) >= 11 is 0. The minimum atomic E-state index is -3.78. The van der Waals surface area contributed by atoms with E-state index in [9.17, 15) is 18.3 Å². The van der Waals surface area contributed by atoms with Crippen LogP contribution in [0.15, 0.2) is 53.4 Å². The van der Waals surface area contributed by atoms with Gasteiger partial charge in [-0.3, -0.25) is 10.6 Å². The normalized spacial score (nSPS) is 13.7. The van der Waals surface area contributed by atoms with Gasteiger partial charge in [-0.05, 0) is 29.7 Å². The van der Waals surface area contributed by atoms with Gasteiger partial charge < -0.3 is 20.1 Å². The van der Waals surface area contributed by atoms with Gasteiger partial charge in [0.1, 0.15) is 5.37 Å². The van der Waals surface area contributed by atoms with Crippen LogP contribution in [0.2, 0.25) is 0 Å². The number of H-pyrrole nitrogens is 1. The molecule has 11 heteroatoms. The number of nitrogens with one attached hydrogen (secondary N) is 4. The van der Waals surface area contributed by atoms with Gasteiger partial charge in [-0.2, -0.15) is 0 Å². The molecule has 2 atom stereocenters. The van der Waals surface area contributed by atoms with Gasteiger partial charge >= 0.3 is 6.09 Å². The second kappa shape index (κ2) is 11.4. The number of aromatic nitrogens is 2. The zero-order chi connectivity index (χ0) is 24.7. The van der Waals surface area contributed by atoms with Crippen molar-refractivity contribution in [2.45, 2.75) is 36.8 Å². The van der Waals surface area contributed by atoms with Gasteiger partial charge in [-0.1, -0.05) is 44.2 Å². The van der Waals surface area contributed by atoms with Crippen LogP contribution in [-0.4, -0.2) is 61.3 Å². The van der Waals surface area contributed by atoms with Crippen molar-refractivity contribution in [3.63, 3.8) is 0 Å². The van der Waals surface area contributed by atoms with Crippen LogP contribution in [0.3, 0.4) is 0 Å². The van der Waals surface area contributed by atoms with Crippen molar-refractivity contribution < 1.29 is 23.1 Å². The number of benzene rings is 2. The summed E-state index contributed by atoms with van der Waals surface area (Å²) in [5.41, 5.74) is 2.06. The molecule has 0 aliphatic carbocycles. The quantitative estimate of drug-likeness (QED) is 0.276. The fourth-order valence-corrected chi connectivity index (χ4v) is 5.38. The molecule has 0 radical (unpaired) electrons. The van der Waals surface area contributed by atoms with Gasteiger partial charge in [0, 0.05) is 19.6 Å². The number of carbonyl (C=O) groups excluding carboxylic acids is 1. The van der Waals surface area contributed by atoms with E-state index in [-0.39, 0.29) is 23.3 Å². The molecule has 3 rings (SSSR count). The zero-order valence-corrected chi connectivity index (χ0v) is 20.2. The van der Waals surface area contributed by atoms with Gasteiger partial charge in [0.2, 0.25) is 5.95 Å². The number of ether oxygens (including phenoxy) is 1. The number of aromatic amines is 1. The maximum Gasteiger partial charge on any atom is 0.413 e. The van der Waals surface area contributed by atoms with E-state index in [0.29, 0.717) is 24.1 Å². The summed E-state index contributed by atoms with van der Waals surface area (Å²) in [6.45, 7) is 4.66. The average molecular weight is 490 g/mol. The Balaban J connectivity index is 1.65. The fraction of sp³-hybridized carbons (Fsp3) is 0.391. The van der Waals surface area contributed by atoms with E-state index >= 15 is 0 Å². The molecule has 0 saturated carbocycles. The number of imidazole rings is 1. The summed E-state index contributed by atoms with van der Waals surface area (Å²) in [7, 11) is -2.54. The summed E-state index contributed by atoms with van der Waals surface area (Å²) in [6.07, 6.45) is -1.45. The molecule has 0 aliphatic rings. The highest BCUT2D eigenvalue weighted by molar-refractivity contribution is 7.92. The van der Waals surface area contributed by atoms with E-state index in [1.165, 1.54) is 19.2 Å². The number of amides is 1. The van der Waals surface area contributed by atoms with E-state index in [1.807, 2.05) is 30.3 Å². The maximum atomic E-state index is 13.4. The first-order valence-corrected chi connectivity index (χ1v) is 12.5. The number of methoxy groups -OCH3 is 1. The third-order valence-corrected chi connectivity index (χ3v) is 7.53. The van der Waals surface area contributed by atoms with Crippen molar-refractivity contribution in [3.8, 4) is 0 Å². The van der Waals surface area contributed by atoms with Crippen molar-refractivity contribution >= 4 is 32.9 Å². The lowest BCUT2D eigenvalue weighted by Gasteiger charge is -2.24. The molecule has 0 spiro atoms. The number of nitrogens with zero attached hydrogens (tertiary/aromatic N) is 1. The molecule has 1 aromatic heterocycles. The Hall–Kier alpha value is -2.99. The minimum absolute atomic E-state index is 0.0963. The molecule has 34 heavy (non-hydrogen) atoms. The second-order valence-electron chi connectivity index (χ2n) is 8.27. The number of aliphatic hydroxyl groups excluding tert-OH is 1. The van der Waals surface area contributed by atoms with Crippen molar-refractivity contribution in [1.29, 1.82) is 0 Å². The van der Waals surface area contributed by atoms with E-state index < -0.39 is 27.4 Å². The minimum Gasteiger partial charge on any atom is -0.453 e. The molecule has 1 amide bonds. The molecule has 0 saturated heterocycles. The van der Waals surface area contributed by atoms with Crippen molar-refractivity contribution in [3.05, 3.63) is 54.1 Å². The van der Waals surface area contributed by atoms with Crippen LogP contribution in [0.25, 0.3) is 11.0 Å². The van der Waals surface area contributed by atoms with Gasteiger partial charge in [0.25, 0.3) is 0 Å². The largest absolute Gasteiger partial charge is 0.453 e.